The fraction of sp³-hybridized carbons (Fsp3) is 0.625. The van der Waals surface area contributed by atoms with E-state index < -0.39 is 0 Å². The second-order valence-corrected chi connectivity index (χ2v) is 5.51. The highest BCUT2D eigenvalue weighted by Crippen LogP contribution is 2.34. The van der Waals surface area contributed by atoms with Crippen molar-refractivity contribution >= 4 is 0 Å². The number of benzene rings is 1. The van der Waals surface area contributed by atoms with E-state index in [2.05, 4.69) is 38.1 Å². The zero-order valence-corrected chi connectivity index (χ0v) is 11.0. The molecule has 0 aromatic heterocycles. The Bertz CT molecular complexity index is 341. The van der Waals surface area contributed by atoms with Crippen molar-refractivity contribution < 1.29 is 5.11 Å². The number of rotatable bonds is 4. The van der Waals surface area contributed by atoms with Crippen LogP contribution in [0.4, 0.5) is 0 Å². The van der Waals surface area contributed by atoms with Crippen molar-refractivity contribution in [3.8, 4) is 0 Å². The highest BCUT2D eigenvalue weighted by molar-refractivity contribution is 5.23. The van der Waals surface area contributed by atoms with Gasteiger partial charge in [0.15, 0.2) is 0 Å². The highest BCUT2D eigenvalue weighted by Gasteiger charge is 2.29. The first-order valence-corrected chi connectivity index (χ1v) is 6.96. The van der Waals surface area contributed by atoms with Crippen molar-refractivity contribution in [1.82, 2.24) is 0 Å². The van der Waals surface area contributed by atoms with Crippen LogP contribution in [-0.4, -0.2) is 11.2 Å². The van der Waals surface area contributed by atoms with Crippen molar-refractivity contribution in [2.24, 2.45) is 11.8 Å². The Morgan fingerprint density at radius 1 is 1.18 bits per heavy atom. The van der Waals surface area contributed by atoms with Crippen molar-refractivity contribution in [3.05, 3.63) is 35.4 Å². The molecule has 1 aromatic rings. The van der Waals surface area contributed by atoms with Gasteiger partial charge in [0.25, 0.3) is 0 Å². The van der Waals surface area contributed by atoms with E-state index in [-0.39, 0.29) is 6.10 Å². The van der Waals surface area contributed by atoms with Crippen LogP contribution in [-0.2, 0) is 12.8 Å². The highest BCUT2D eigenvalue weighted by atomic mass is 16.3. The molecule has 1 heteroatoms. The summed E-state index contributed by atoms with van der Waals surface area (Å²) in [5.74, 6) is 1.21. The average molecular weight is 232 g/mol. The molecule has 94 valence electrons. The molecule has 0 heterocycles. The Balaban J connectivity index is 1.95. The Kier molecular flexibility index (Phi) is 4.22. The Hall–Kier alpha value is -0.820. The fourth-order valence-electron chi connectivity index (χ4n) is 3.05. The molecule has 0 bridgehead atoms. The van der Waals surface area contributed by atoms with Crippen LogP contribution < -0.4 is 0 Å². The number of aliphatic hydroxyl groups is 1. The van der Waals surface area contributed by atoms with E-state index in [0.717, 1.165) is 12.8 Å². The Labute approximate surface area is 105 Å². The molecular weight excluding hydrogens is 208 g/mol. The summed E-state index contributed by atoms with van der Waals surface area (Å²) >= 11 is 0. The lowest BCUT2D eigenvalue weighted by Gasteiger charge is -2.22. The molecule has 17 heavy (non-hydrogen) atoms. The molecule has 1 aliphatic carbocycles. The van der Waals surface area contributed by atoms with Crippen LogP contribution >= 0.6 is 0 Å². The van der Waals surface area contributed by atoms with Gasteiger partial charge in [0.1, 0.15) is 0 Å². The molecular formula is C16H24O. The van der Waals surface area contributed by atoms with Crippen LogP contribution in [0.25, 0.3) is 0 Å². The molecule has 0 aliphatic heterocycles. The third kappa shape index (κ3) is 3.10. The largest absolute Gasteiger partial charge is 0.392 e. The molecule has 1 nitrogen and oxygen atoms in total. The van der Waals surface area contributed by atoms with Crippen molar-refractivity contribution in [2.75, 3.05) is 0 Å². The van der Waals surface area contributed by atoms with Gasteiger partial charge in [0.05, 0.1) is 6.10 Å². The number of hydrogen-bond donors (Lipinski definition) is 1. The minimum Gasteiger partial charge on any atom is -0.392 e. The molecule has 1 fully saturated rings. The van der Waals surface area contributed by atoms with Crippen LogP contribution in [0, 0.1) is 11.8 Å². The Morgan fingerprint density at radius 2 is 1.82 bits per heavy atom. The molecule has 0 saturated heterocycles. The predicted octanol–water partition coefficient (Wildman–Crippen LogP) is 3.59. The normalized spacial score (nSPS) is 26.1. The van der Waals surface area contributed by atoms with Gasteiger partial charge in [-0.25, -0.2) is 0 Å². The summed E-state index contributed by atoms with van der Waals surface area (Å²) in [6, 6.07) is 8.70. The van der Waals surface area contributed by atoms with Gasteiger partial charge >= 0.3 is 0 Å². The minimum absolute atomic E-state index is 0.153. The van der Waals surface area contributed by atoms with E-state index in [1.165, 1.54) is 30.4 Å². The summed E-state index contributed by atoms with van der Waals surface area (Å²) < 4.78 is 0. The minimum atomic E-state index is -0.153. The van der Waals surface area contributed by atoms with Gasteiger partial charge in [-0.15, -0.1) is 0 Å². The van der Waals surface area contributed by atoms with E-state index in [1.807, 2.05) is 0 Å². The summed E-state index contributed by atoms with van der Waals surface area (Å²) in [6.45, 7) is 4.45. The zero-order valence-electron chi connectivity index (χ0n) is 11.0. The Morgan fingerprint density at radius 3 is 2.35 bits per heavy atom. The SMILES string of the molecule is CCc1ccc(CC(O)C2CCCC2C)cc1. The molecule has 3 unspecified atom stereocenters. The monoisotopic (exact) mass is 232 g/mol. The summed E-state index contributed by atoms with van der Waals surface area (Å²) in [7, 11) is 0. The van der Waals surface area contributed by atoms with E-state index in [1.54, 1.807) is 0 Å². The zero-order chi connectivity index (χ0) is 12.3. The fourth-order valence-corrected chi connectivity index (χ4v) is 3.05. The first kappa shape index (κ1) is 12.6. The molecule has 0 amide bonds. The third-order valence-electron chi connectivity index (χ3n) is 4.30. The van der Waals surface area contributed by atoms with Gasteiger partial charge < -0.3 is 5.11 Å². The van der Waals surface area contributed by atoms with Gasteiger partial charge in [-0.3, -0.25) is 0 Å². The summed E-state index contributed by atoms with van der Waals surface area (Å²) in [6.07, 6.45) is 5.53. The predicted molar refractivity (Wildman–Crippen MR) is 72.0 cm³/mol. The van der Waals surface area contributed by atoms with E-state index in [4.69, 9.17) is 0 Å². The van der Waals surface area contributed by atoms with Crippen LogP contribution in [0.1, 0.15) is 44.2 Å². The molecule has 1 aliphatic rings. The summed E-state index contributed by atoms with van der Waals surface area (Å²) in [4.78, 5) is 0. The third-order valence-corrected chi connectivity index (χ3v) is 4.30. The molecule has 2 rings (SSSR count). The molecule has 1 saturated carbocycles. The van der Waals surface area contributed by atoms with E-state index in [9.17, 15) is 5.11 Å². The van der Waals surface area contributed by atoms with Crippen molar-refractivity contribution in [1.29, 1.82) is 0 Å². The van der Waals surface area contributed by atoms with Gasteiger partial charge in [0.2, 0.25) is 0 Å². The standard InChI is InChI=1S/C16H24O/c1-3-13-7-9-14(10-8-13)11-16(17)15-6-4-5-12(15)2/h7-10,12,15-17H,3-6,11H2,1-2H3. The van der Waals surface area contributed by atoms with E-state index >= 15 is 0 Å². The topological polar surface area (TPSA) is 20.2 Å². The first-order valence-electron chi connectivity index (χ1n) is 6.96. The molecule has 3 atom stereocenters. The number of hydrogen-bond acceptors (Lipinski definition) is 1. The maximum Gasteiger partial charge on any atom is 0.0611 e. The molecule has 0 spiro atoms. The quantitative estimate of drug-likeness (QED) is 0.841. The van der Waals surface area contributed by atoms with Gasteiger partial charge in [0, 0.05) is 0 Å². The number of aliphatic hydroxyl groups excluding tert-OH is 1. The number of aryl methyl sites for hydroxylation is 1. The van der Waals surface area contributed by atoms with Crippen molar-refractivity contribution in [3.63, 3.8) is 0 Å². The molecule has 1 N–H and O–H groups in total. The van der Waals surface area contributed by atoms with E-state index in [0.29, 0.717) is 11.8 Å². The lowest BCUT2D eigenvalue weighted by Crippen LogP contribution is -2.24. The maximum atomic E-state index is 10.3. The van der Waals surface area contributed by atoms with Crippen LogP contribution in [0.3, 0.4) is 0 Å². The maximum absolute atomic E-state index is 10.3. The second-order valence-electron chi connectivity index (χ2n) is 5.51. The van der Waals surface area contributed by atoms with Gasteiger partial charge in [-0.05, 0) is 42.2 Å². The summed E-state index contributed by atoms with van der Waals surface area (Å²) in [5, 5.41) is 10.3. The smallest absolute Gasteiger partial charge is 0.0611 e. The molecule has 1 aromatic carbocycles. The van der Waals surface area contributed by atoms with Crippen LogP contribution in [0.5, 0.6) is 0 Å². The molecule has 0 radical (unpaired) electrons. The average Bonchev–Trinajstić information content (AvgIpc) is 2.76. The second kappa shape index (κ2) is 5.68. The van der Waals surface area contributed by atoms with Crippen LogP contribution in [0.2, 0.25) is 0 Å². The van der Waals surface area contributed by atoms with Crippen molar-refractivity contribution in [2.45, 2.75) is 52.1 Å². The first-order chi connectivity index (χ1) is 8.20. The summed E-state index contributed by atoms with van der Waals surface area (Å²) in [5.41, 5.74) is 2.64. The lowest BCUT2D eigenvalue weighted by molar-refractivity contribution is 0.0902. The van der Waals surface area contributed by atoms with Gasteiger partial charge in [-0.1, -0.05) is 51.0 Å². The van der Waals surface area contributed by atoms with Gasteiger partial charge in [-0.2, -0.15) is 0 Å². The lowest BCUT2D eigenvalue weighted by atomic mass is 9.88. The van der Waals surface area contributed by atoms with Crippen LogP contribution in [0.15, 0.2) is 24.3 Å².